The largest absolute Gasteiger partial charge is 0.477 e. The first kappa shape index (κ1) is 17.3. The molecule has 8 nitrogen and oxygen atoms in total. The molecule has 1 aliphatic rings. The molecule has 0 fully saturated rings. The number of hydrogen-bond donors (Lipinski definition) is 4. The van der Waals surface area contributed by atoms with Gasteiger partial charge in [0, 0.05) is 25.9 Å². The third-order valence-electron chi connectivity index (χ3n) is 3.84. The van der Waals surface area contributed by atoms with E-state index in [1.165, 1.54) is 6.08 Å². The predicted molar refractivity (Wildman–Crippen MR) is 97.3 cm³/mol. The minimum Gasteiger partial charge on any atom is -0.477 e. The van der Waals surface area contributed by atoms with Crippen molar-refractivity contribution < 1.29 is 15.2 Å². The van der Waals surface area contributed by atoms with E-state index in [0.717, 1.165) is 16.8 Å². The number of quaternary nitrogens is 1. The first-order valence-electron chi connectivity index (χ1n) is 7.96. The maximum Gasteiger partial charge on any atom is 0.354 e. The minimum atomic E-state index is -1.29. The SMILES string of the molecule is CN(Cc1ccccc1)C1=N/C(=C/C(=N)C(=O)O)[NH2+]C(c2cn[nH]c2)=C1. The van der Waals surface area contributed by atoms with E-state index in [4.69, 9.17) is 10.5 Å². The second-order valence-electron chi connectivity index (χ2n) is 5.83. The number of aromatic amines is 1. The summed E-state index contributed by atoms with van der Waals surface area (Å²) < 4.78 is 0. The van der Waals surface area contributed by atoms with Crippen molar-refractivity contribution in [3.63, 3.8) is 0 Å². The first-order chi connectivity index (χ1) is 12.5. The molecule has 0 saturated carbocycles. The number of aliphatic carboxylic acids is 1. The molecule has 2 aromatic rings. The van der Waals surface area contributed by atoms with Gasteiger partial charge in [0.25, 0.3) is 0 Å². The normalized spacial score (nSPS) is 15.3. The average Bonchev–Trinajstić information content (AvgIpc) is 3.17. The molecular weight excluding hydrogens is 332 g/mol. The lowest BCUT2D eigenvalue weighted by atomic mass is 10.2. The van der Waals surface area contributed by atoms with Gasteiger partial charge in [0.05, 0.1) is 17.8 Å². The summed E-state index contributed by atoms with van der Waals surface area (Å²) in [5.74, 6) is -0.206. The summed E-state index contributed by atoms with van der Waals surface area (Å²) in [4.78, 5) is 17.4. The van der Waals surface area contributed by atoms with E-state index in [-0.39, 0.29) is 0 Å². The van der Waals surface area contributed by atoms with Gasteiger partial charge in [0.2, 0.25) is 5.82 Å². The highest BCUT2D eigenvalue weighted by Gasteiger charge is 2.21. The molecular formula is C18H19N6O2+. The van der Waals surface area contributed by atoms with Gasteiger partial charge in [-0.1, -0.05) is 30.3 Å². The summed E-state index contributed by atoms with van der Waals surface area (Å²) in [5, 5.41) is 25.0. The van der Waals surface area contributed by atoms with Gasteiger partial charge in [-0.05, 0) is 5.56 Å². The number of carbonyl (C=O) groups is 1. The molecule has 3 rings (SSSR count). The quantitative estimate of drug-likeness (QED) is 0.595. The fraction of sp³-hybridized carbons (Fsp3) is 0.111. The molecule has 0 spiro atoms. The topological polar surface area (TPSA) is 122 Å². The third kappa shape index (κ3) is 4.11. The number of benzene rings is 1. The van der Waals surface area contributed by atoms with Gasteiger partial charge in [0.15, 0.2) is 0 Å². The van der Waals surface area contributed by atoms with Crippen molar-refractivity contribution in [2.24, 2.45) is 4.99 Å². The van der Waals surface area contributed by atoms with E-state index >= 15 is 0 Å². The Morgan fingerprint density at radius 1 is 1.38 bits per heavy atom. The fourth-order valence-corrected chi connectivity index (χ4v) is 2.53. The molecule has 1 aromatic heterocycles. The molecule has 0 amide bonds. The molecule has 0 unspecified atom stereocenters. The summed E-state index contributed by atoms with van der Waals surface area (Å²) in [6.07, 6.45) is 6.59. The molecule has 0 bridgehead atoms. The van der Waals surface area contributed by atoms with Gasteiger partial charge in [-0.3, -0.25) is 15.8 Å². The number of carboxylic acid groups (broad SMARTS) is 1. The summed E-state index contributed by atoms with van der Waals surface area (Å²) >= 11 is 0. The van der Waals surface area contributed by atoms with E-state index in [0.29, 0.717) is 18.2 Å². The number of amidine groups is 1. The van der Waals surface area contributed by atoms with Gasteiger partial charge >= 0.3 is 5.97 Å². The third-order valence-corrected chi connectivity index (χ3v) is 3.84. The van der Waals surface area contributed by atoms with Crippen molar-refractivity contribution in [1.29, 1.82) is 5.41 Å². The highest BCUT2D eigenvalue weighted by atomic mass is 16.4. The molecule has 1 aliphatic heterocycles. The lowest BCUT2D eigenvalue weighted by Crippen LogP contribution is -2.80. The van der Waals surface area contributed by atoms with Crippen LogP contribution in [0.15, 0.2) is 65.7 Å². The lowest BCUT2D eigenvalue weighted by molar-refractivity contribution is -0.510. The summed E-state index contributed by atoms with van der Waals surface area (Å²) in [5.41, 5.74) is 2.32. The van der Waals surface area contributed by atoms with Crippen LogP contribution in [0.3, 0.4) is 0 Å². The average molecular weight is 351 g/mol. The number of aliphatic imine (C=N–C) groups is 1. The Morgan fingerprint density at radius 2 is 2.15 bits per heavy atom. The highest BCUT2D eigenvalue weighted by Crippen LogP contribution is 2.13. The molecule has 132 valence electrons. The number of aromatic nitrogens is 2. The predicted octanol–water partition coefficient (Wildman–Crippen LogP) is 0.804. The van der Waals surface area contributed by atoms with Gasteiger partial charge in [-0.2, -0.15) is 10.1 Å². The van der Waals surface area contributed by atoms with E-state index in [1.807, 2.05) is 48.4 Å². The summed E-state index contributed by atoms with van der Waals surface area (Å²) in [7, 11) is 1.92. The molecule has 8 heteroatoms. The highest BCUT2D eigenvalue weighted by molar-refractivity contribution is 6.39. The maximum absolute atomic E-state index is 11.0. The van der Waals surface area contributed by atoms with Crippen LogP contribution in [0.2, 0.25) is 0 Å². The smallest absolute Gasteiger partial charge is 0.354 e. The van der Waals surface area contributed by atoms with Gasteiger partial charge < -0.3 is 10.0 Å². The van der Waals surface area contributed by atoms with Crippen molar-refractivity contribution >= 4 is 23.2 Å². The molecule has 0 atom stereocenters. The monoisotopic (exact) mass is 351 g/mol. The number of nitrogens with two attached hydrogens (primary N) is 1. The Bertz CT molecular complexity index is 897. The Hall–Kier alpha value is -3.52. The molecule has 5 N–H and O–H groups in total. The zero-order valence-corrected chi connectivity index (χ0v) is 14.2. The molecule has 0 saturated heterocycles. The van der Waals surface area contributed by atoms with Crippen molar-refractivity contribution in [3.8, 4) is 0 Å². The number of H-pyrrole nitrogens is 1. The second kappa shape index (κ2) is 7.58. The standard InChI is InChI=1S/C18H18N6O2/c1-24(11-12-5-3-2-4-6-12)17-8-15(13-9-20-21-10-13)22-16(23-17)7-14(19)18(25)26/h2-10,19,22H,11H2,1H3,(H,20,21)(H,25,26)/p+1/b16-7+,19-14?. The van der Waals surface area contributed by atoms with Crippen LogP contribution in [-0.2, 0) is 11.3 Å². The molecule has 2 heterocycles. The maximum atomic E-state index is 11.0. The van der Waals surface area contributed by atoms with Crippen LogP contribution >= 0.6 is 0 Å². The Morgan fingerprint density at radius 3 is 2.81 bits per heavy atom. The molecule has 1 aromatic carbocycles. The second-order valence-corrected chi connectivity index (χ2v) is 5.83. The molecule has 0 aliphatic carbocycles. The van der Waals surface area contributed by atoms with Crippen LogP contribution in [-0.4, -0.2) is 44.8 Å². The number of hydrogen-bond acceptors (Lipinski definition) is 5. The lowest BCUT2D eigenvalue weighted by Gasteiger charge is -2.22. The number of nitrogens with one attached hydrogen (secondary N) is 2. The Balaban J connectivity index is 1.91. The molecule has 26 heavy (non-hydrogen) atoms. The molecule has 0 radical (unpaired) electrons. The van der Waals surface area contributed by atoms with E-state index in [9.17, 15) is 4.79 Å². The van der Waals surface area contributed by atoms with E-state index in [2.05, 4.69) is 15.2 Å². The Kier molecular flexibility index (Phi) is 5.04. The zero-order valence-electron chi connectivity index (χ0n) is 14.2. The number of nitrogens with zero attached hydrogens (tertiary/aromatic N) is 3. The van der Waals surface area contributed by atoms with Gasteiger partial charge in [-0.15, -0.1) is 0 Å². The number of likely N-dealkylation sites (N-methyl/N-ethyl adjacent to an activating group) is 1. The van der Waals surface area contributed by atoms with Crippen LogP contribution in [0, 0.1) is 5.41 Å². The Labute approximate surface area is 150 Å². The van der Waals surface area contributed by atoms with Crippen molar-refractivity contribution in [3.05, 3.63) is 71.8 Å². The van der Waals surface area contributed by atoms with Crippen LogP contribution in [0.5, 0.6) is 0 Å². The summed E-state index contributed by atoms with van der Waals surface area (Å²) in [6, 6.07) is 9.98. The van der Waals surface area contributed by atoms with Gasteiger partial charge in [-0.25, -0.2) is 4.79 Å². The van der Waals surface area contributed by atoms with Crippen molar-refractivity contribution in [1.82, 2.24) is 15.1 Å². The van der Waals surface area contributed by atoms with E-state index < -0.39 is 11.7 Å². The zero-order chi connectivity index (χ0) is 18.5. The number of carboxylic acids is 1. The first-order valence-corrected chi connectivity index (χ1v) is 7.96. The minimum absolute atomic E-state index is 0.408. The van der Waals surface area contributed by atoms with Crippen LogP contribution in [0.4, 0.5) is 0 Å². The van der Waals surface area contributed by atoms with Gasteiger partial charge in [0.1, 0.15) is 17.2 Å². The fourth-order valence-electron chi connectivity index (χ4n) is 2.53. The van der Waals surface area contributed by atoms with Crippen LogP contribution in [0.25, 0.3) is 5.70 Å². The number of rotatable bonds is 5. The van der Waals surface area contributed by atoms with Crippen molar-refractivity contribution in [2.45, 2.75) is 6.54 Å². The van der Waals surface area contributed by atoms with E-state index in [1.54, 1.807) is 17.7 Å². The summed E-state index contributed by atoms with van der Waals surface area (Å²) in [6.45, 7) is 0.651. The van der Waals surface area contributed by atoms with Crippen LogP contribution < -0.4 is 5.32 Å². The van der Waals surface area contributed by atoms with Crippen LogP contribution in [0.1, 0.15) is 11.1 Å². The van der Waals surface area contributed by atoms with Crippen molar-refractivity contribution in [2.75, 3.05) is 7.05 Å².